The zero-order valence-corrected chi connectivity index (χ0v) is 17.8. The Hall–Kier alpha value is -2.45. The van der Waals surface area contributed by atoms with Gasteiger partial charge in [-0.05, 0) is 51.8 Å². The Labute approximate surface area is 175 Å². The number of nitrogens with zero attached hydrogens (tertiary/aromatic N) is 1. The zero-order valence-electron chi connectivity index (χ0n) is 17.8. The number of aromatic nitrogens is 1. The van der Waals surface area contributed by atoms with E-state index >= 15 is 0 Å². The van der Waals surface area contributed by atoms with E-state index < -0.39 is 29.7 Å². The highest BCUT2D eigenvalue weighted by atomic mass is 19.1. The molecule has 0 radical (unpaired) electrons. The highest BCUT2D eigenvalue weighted by Gasteiger charge is 2.30. The van der Waals surface area contributed by atoms with Crippen LogP contribution >= 0.6 is 0 Å². The number of hydrogen-bond acceptors (Lipinski definition) is 6. The number of amides is 1. The number of carbonyl (C=O) groups excluding carboxylic acids is 1. The Kier molecular flexibility index (Phi) is 6.77. The van der Waals surface area contributed by atoms with Crippen molar-refractivity contribution in [3.8, 4) is 5.88 Å². The molecular weight excluding hydrogens is 391 g/mol. The Morgan fingerprint density at radius 3 is 2.70 bits per heavy atom. The van der Waals surface area contributed by atoms with Crippen LogP contribution in [0.3, 0.4) is 0 Å². The van der Waals surface area contributed by atoms with E-state index in [-0.39, 0.29) is 19.1 Å². The van der Waals surface area contributed by atoms with E-state index in [9.17, 15) is 14.3 Å². The topological polar surface area (TPSA) is 89.9 Å². The molecule has 1 aliphatic rings. The number of rotatable bonds is 5. The second-order valence-electron chi connectivity index (χ2n) is 8.52. The third kappa shape index (κ3) is 5.58. The molecule has 1 amide bonds. The molecule has 1 fully saturated rings. The first kappa shape index (κ1) is 22.2. The van der Waals surface area contributed by atoms with E-state index in [0.29, 0.717) is 29.8 Å². The van der Waals surface area contributed by atoms with Gasteiger partial charge in [0, 0.05) is 23.4 Å². The number of alkyl carbamates (subject to hydrolysis) is 1. The van der Waals surface area contributed by atoms with E-state index in [4.69, 9.17) is 14.2 Å². The van der Waals surface area contributed by atoms with Crippen molar-refractivity contribution in [2.24, 2.45) is 0 Å². The standard InChI is InChI=1S/C22H29FN2O5/c1-22(2,3)30-21(27)24-14-7-9-18(29-12-14)17(26)11-15-16(23)8-5-13-6-10-19(28-4)25-20(13)15/h5-6,8,10,14,17-18,26H,7,9,11-12H2,1-4H3,(H,24,27)/t14?,17-,18?/m0/s1. The highest BCUT2D eigenvalue weighted by Crippen LogP contribution is 2.26. The summed E-state index contributed by atoms with van der Waals surface area (Å²) >= 11 is 0. The Morgan fingerprint density at radius 2 is 2.07 bits per heavy atom. The van der Waals surface area contributed by atoms with Crippen LogP contribution < -0.4 is 10.1 Å². The molecule has 3 atom stereocenters. The van der Waals surface area contributed by atoms with E-state index in [1.54, 1.807) is 39.0 Å². The van der Waals surface area contributed by atoms with Gasteiger partial charge in [0.15, 0.2) is 0 Å². The van der Waals surface area contributed by atoms with Gasteiger partial charge in [0.25, 0.3) is 0 Å². The molecule has 8 heteroatoms. The molecule has 30 heavy (non-hydrogen) atoms. The summed E-state index contributed by atoms with van der Waals surface area (Å²) in [4.78, 5) is 16.3. The second-order valence-corrected chi connectivity index (χ2v) is 8.52. The van der Waals surface area contributed by atoms with Crippen LogP contribution in [0.5, 0.6) is 5.88 Å². The number of hydrogen-bond donors (Lipinski definition) is 2. The third-order valence-corrected chi connectivity index (χ3v) is 4.97. The Morgan fingerprint density at radius 1 is 1.33 bits per heavy atom. The number of nitrogens with one attached hydrogen (secondary N) is 1. The molecule has 1 aromatic carbocycles. The molecule has 1 aliphatic heterocycles. The molecule has 2 aromatic rings. The van der Waals surface area contributed by atoms with Crippen molar-refractivity contribution in [2.45, 2.75) is 63.9 Å². The maximum absolute atomic E-state index is 14.5. The molecular formula is C22H29FN2O5. The van der Waals surface area contributed by atoms with Gasteiger partial charge in [-0.25, -0.2) is 14.2 Å². The lowest BCUT2D eigenvalue weighted by Crippen LogP contribution is -2.47. The molecule has 164 valence electrons. The van der Waals surface area contributed by atoms with Crippen molar-refractivity contribution in [1.29, 1.82) is 0 Å². The zero-order chi connectivity index (χ0) is 21.9. The molecule has 1 aromatic heterocycles. The van der Waals surface area contributed by atoms with Crippen LogP contribution in [0, 0.1) is 5.82 Å². The van der Waals surface area contributed by atoms with Crippen LogP contribution in [0.4, 0.5) is 9.18 Å². The Balaban J connectivity index is 1.62. The number of aliphatic hydroxyl groups is 1. The van der Waals surface area contributed by atoms with Crippen molar-refractivity contribution in [2.75, 3.05) is 13.7 Å². The van der Waals surface area contributed by atoms with Crippen LogP contribution in [-0.4, -0.2) is 53.8 Å². The van der Waals surface area contributed by atoms with Crippen LogP contribution in [0.1, 0.15) is 39.2 Å². The molecule has 2 N–H and O–H groups in total. The van der Waals surface area contributed by atoms with Gasteiger partial charge in [-0.15, -0.1) is 0 Å². The smallest absolute Gasteiger partial charge is 0.407 e. The van der Waals surface area contributed by atoms with Crippen molar-refractivity contribution in [1.82, 2.24) is 10.3 Å². The lowest BCUT2D eigenvalue weighted by atomic mass is 9.95. The highest BCUT2D eigenvalue weighted by molar-refractivity contribution is 5.82. The Bertz CT molecular complexity index is 891. The maximum Gasteiger partial charge on any atom is 0.407 e. The van der Waals surface area contributed by atoms with Crippen molar-refractivity contribution in [3.05, 3.63) is 35.6 Å². The van der Waals surface area contributed by atoms with E-state index in [2.05, 4.69) is 10.3 Å². The van der Waals surface area contributed by atoms with Crippen LogP contribution in [0.25, 0.3) is 10.9 Å². The summed E-state index contributed by atoms with van der Waals surface area (Å²) in [7, 11) is 1.50. The molecule has 2 heterocycles. The van der Waals surface area contributed by atoms with Crippen LogP contribution in [0.15, 0.2) is 24.3 Å². The van der Waals surface area contributed by atoms with Gasteiger partial charge in [0.05, 0.1) is 37.5 Å². The van der Waals surface area contributed by atoms with Crippen molar-refractivity contribution < 1.29 is 28.5 Å². The third-order valence-electron chi connectivity index (χ3n) is 4.97. The fourth-order valence-corrected chi connectivity index (χ4v) is 3.52. The van der Waals surface area contributed by atoms with Crippen molar-refractivity contribution >= 4 is 17.0 Å². The van der Waals surface area contributed by atoms with Gasteiger partial charge in [0.2, 0.25) is 5.88 Å². The number of methoxy groups -OCH3 is 1. The summed E-state index contributed by atoms with van der Waals surface area (Å²) in [5.41, 5.74) is 0.225. The monoisotopic (exact) mass is 420 g/mol. The van der Waals surface area contributed by atoms with Gasteiger partial charge in [-0.3, -0.25) is 0 Å². The molecule has 0 spiro atoms. The van der Waals surface area contributed by atoms with Crippen LogP contribution in [0.2, 0.25) is 0 Å². The summed E-state index contributed by atoms with van der Waals surface area (Å²) in [6.45, 7) is 5.65. The fourth-order valence-electron chi connectivity index (χ4n) is 3.52. The number of aliphatic hydroxyl groups excluding tert-OH is 1. The molecule has 0 saturated carbocycles. The van der Waals surface area contributed by atoms with Crippen molar-refractivity contribution in [3.63, 3.8) is 0 Å². The average molecular weight is 420 g/mol. The number of benzene rings is 1. The minimum atomic E-state index is -0.902. The molecule has 7 nitrogen and oxygen atoms in total. The molecule has 3 rings (SSSR count). The first-order valence-electron chi connectivity index (χ1n) is 10.1. The molecule has 0 bridgehead atoms. The fraction of sp³-hybridized carbons (Fsp3) is 0.545. The van der Waals surface area contributed by atoms with E-state index in [0.717, 1.165) is 5.39 Å². The second kappa shape index (κ2) is 9.14. The lowest BCUT2D eigenvalue weighted by Gasteiger charge is -2.32. The number of halogens is 1. The molecule has 2 unspecified atom stereocenters. The first-order chi connectivity index (χ1) is 14.2. The lowest BCUT2D eigenvalue weighted by molar-refractivity contribution is -0.0720. The van der Waals surface area contributed by atoms with Gasteiger partial charge < -0.3 is 24.6 Å². The van der Waals surface area contributed by atoms with Gasteiger partial charge >= 0.3 is 6.09 Å². The number of ether oxygens (including phenoxy) is 3. The molecule has 0 aliphatic carbocycles. The number of pyridine rings is 1. The predicted octanol–water partition coefficient (Wildman–Crippen LogP) is 3.36. The van der Waals surface area contributed by atoms with E-state index in [1.165, 1.54) is 13.2 Å². The normalized spacial score (nSPS) is 20.6. The number of carbonyl (C=O) groups is 1. The first-order valence-corrected chi connectivity index (χ1v) is 10.1. The largest absolute Gasteiger partial charge is 0.481 e. The minimum absolute atomic E-state index is 0.0676. The van der Waals surface area contributed by atoms with Gasteiger partial charge in [-0.2, -0.15) is 0 Å². The van der Waals surface area contributed by atoms with Gasteiger partial charge in [0.1, 0.15) is 11.4 Å². The summed E-state index contributed by atoms with van der Waals surface area (Å²) in [6, 6.07) is 6.35. The quantitative estimate of drug-likeness (QED) is 0.771. The maximum atomic E-state index is 14.5. The average Bonchev–Trinajstić information content (AvgIpc) is 2.68. The number of fused-ring (bicyclic) bond motifs is 1. The van der Waals surface area contributed by atoms with Gasteiger partial charge in [-0.1, -0.05) is 0 Å². The van der Waals surface area contributed by atoms with Crippen LogP contribution in [-0.2, 0) is 15.9 Å². The SMILES string of the molecule is COc1ccc2ccc(F)c(C[C@H](O)C3CCC(NC(=O)OC(C)(C)C)CO3)c2n1. The minimum Gasteiger partial charge on any atom is -0.481 e. The summed E-state index contributed by atoms with van der Waals surface area (Å²) < 4.78 is 30.7. The van der Waals surface area contributed by atoms with E-state index in [1.807, 2.05) is 0 Å². The molecule has 1 saturated heterocycles. The summed E-state index contributed by atoms with van der Waals surface area (Å²) in [5, 5.41) is 14.2. The predicted molar refractivity (Wildman–Crippen MR) is 110 cm³/mol. The summed E-state index contributed by atoms with van der Waals surface area (Å²) in [6.07, 6.45) is -0.621. The summed E-state index contributed by atoms with van der Waals surface area (Å²) in [5.74, 6) is -0.0450.